The van der Waals surface area contributed by atoms with Gasteiger partial charge in [0.1, 0.15) is 5.82 Å². The van der Waals surface area contributed by atoms with Crippen LogP contribution < -0.4 is 0 Å². The molecule has 1 saturated heterocycles. The van der Waals surface area contributed by atoms with Crippen LogP contribution in [0.3, 0.4) is 0 Å². The molecule has 3 aromatic rings. The monoisotopic (exact) mass is 395 g/mol. The number of rotatable bonds is 4. The van der Waals surface area contributed by atoms with Crippen LogP contribution in [0.15, 0.2) is 48.9 Å². The predicted octanol–water partition coefficient (Wildman–Crippen LogP) is 2.38. The average molecular weight is 395 g/mol. The van der Waals surface area contributed by atoms with Crippen molar-refractivity contribution in [2.75, 3.05) is 26.2 Å². The van der Waals surface area contributed by atoms with Gasteiger partial charge in [-0.15, -0.1) is 0 Å². The molecule has 150 valence electrons. The lowest BCUT2D eigenvalue weighted by Gasteiger charge is -2.34. The van der Waals surface area contributed by atoms with E-state index in [9.17, 15) is 14.3 Å². The summed E-state index contributed by atoms with van der Waals surface area (Å²) in [5.74, 6) is -0.832. The lowest BCUT2D eigenvalue weighted by Crippen LogP contribution is -2.48. The van der Waals surface area contributed by atoms with E-state index in [0.717, 1.165) is 25.2 Å². The predicted molar refractivity (Wildman–Crippen MR) is 105 cm³/mol. The number of amides is 1. The van der Waals surface area contributed by atoms with E-state index in [1.807, 2.05) is 18.3 Å². The van der Waals surface area contributed by atoms with Crippen LogP contribution in [-0.2, 0) is 6.54 Å². The van der Waals surface area contributed by atoms with Crippen LogP contribution in [0.1, 0.15) is 21.6 Å². The molecule has 2 aromatic heterocycles. The third kappa shape index (κ3) is 4.12. The van der Waals surface area contributed by atoms with Gasteiger partial charge in [0.05, 0.1) is 11.9 Å². The number of hydrogen-bond donors (Lipinski definition) is 1. The van der Waals surface area contributed by atoms with Gasteiger partial charge in [0.25, 0.3) is 5.91 Å². The summed E-state index contributed by atoms with van der Waals surface area (Å²) in [6.45, 7) is 5.12. The van der Waals surface area contributed by atoms with Crippen molar-refractivity contribution in [3.8, 4) is 11.4 Å². The van der Waals surface area contributed by atoms with Gasteiger partial charge in [-0.05, 0) is 42.3 Å². The number of aromatic nitrogens is 3. The molecule has 0 aliphatic carbocycles. The second-order valence-electron chi connectivity index (χ2n) is 7.17. The molecule has 1 aliphatic heterocycles. The molecular formula is C21H22FN5O2. The molecule has 29 heavy (non-hydrogen) atoms. The number of nitrogens with zero attached hydrogens (tertiary/aromatic N) is 5. The van der Waals surface area contributed by atoms with Gasteiger partial charge in [0.2, 0.25) is 0 Å². The van der Waals surface area contributed by atoms with Gasteiger partial charge < -0.3 is 10.0 Å². The Morgan fingerprint density at radius 1 is 1.21 bits per heavy atom. The van der Waals surface area contributed by atoms with Crippen LogP contribution in [-0.4, -0.2) is 61.8 Å². The van der Waals surface area contributed by atoms with Crippen molar-refractivity contribution >= 4 is 5.91 Å². The van der Waals surface area contributed by atoms with Crippen molar-refractivity contribution in [3.63, 3.8) is 0 Å². The molecule has 1 fully saturated rings. The number of aryl methyl sites for hydroxylation is 1. The Hall–Kier alpha value is -3.26. The van der Waals surface area contributed by atoms with E-state index in [4.69, 9.17) is 0 Å². The minimum absolute atomic E-state index is 0.00874. The Labute approximate surface area is 168 Å². The number of halogens is 1. The highest BCUT2D eigenvalue weighted by molar-refractivity contribution is 5.95. The van der Waals surface area contributed by atoms with Crippen molar-refractivity contribution < 1.29 is 14.3 Å². The molecule has 0 spiro atoms. The summed E-state index contributed by atoms with van der Waals surface area (Å²) in [7, 11) is 0. The number of aromatic hydroxyl groups is 1. The Morgan fingerprint density at radius 3 is 2.69 bits per heavy atom. The number of carbonyl (C=O) groups is 1. The number of pyridine rings is 1. The standard InChI is InChI=1S/C21H22FN5O2/c1-15-11-17(22)4-5-18(15)27-14-19(28)20(24-27)21(29)26-9-7-25(8-10-26)13-16-3-2-6-23-12-16/h2-6,11-12,14,28H,7-10,13H2,1H3. The minimum Gasteiger partial charge on any atom is -0.504 e. The Kier molecular flexibility index (Phi) is 5.26. The Morgan fingerprint density at radius 2 is 2.00 bits per heavy atom. The van der Waals surface area contributed by atoms with E-state index in [0.29, 0.717) is 24.3 Å². The molecular weight excluding hydrogens is 373 g/mol. The lowest BCUT2D eigenvalue weighted by atomic mass is 10.2. The fourth-order valence-electron chi connectivity index (χ4n) is 3.53. The molecule has 1 aliphatic rings. The third-order valence-electron chi connectivity index (χ3n) is 5.09. The van der Waals surface area contributed by atoms with E-state index in [-0.39, 0.29) is 23.2 Å². The highest BCUT2D eigenvalue weighted by Gasteiger charge is 2.26. The van der Waals surface area contributed by atoms with Crippen molar-refractivity contribution in [2.24, 2.45) is 0 Å². The third-order valence-corrected chi connectivity index (χ3v) is 5.09. The normalized spacial score (nSPS) is 14.9. The SMILES string of the molecule is Cc1cc(F)ccc1-n1cc(O)c(C(=O)N2CCN(Cc3cccnc3)CC2)n1. The van der Waals surface area contributed by atoms with Crippen molar-refractivity contribution in [2.45, 2.75) is 13.5 Å². The van der Waals surface area contributed by atoms with Crippen LogP contribution in [0.5, 0.6) is 5.75 Å². The quantitative estimate of drug-likeness (QED) is 0.734. The van der Waals surface area contributed by atoms with Crippen LogP contribution in [0.25, 0.3) is 5.69 Å². The van der Waals surface area contributed by atoms with Gasteiger partial charge in [-0.1, -0.05) is 6.07 Å². The van der Waals surface area contributed by atoms with Crippen LogP contribution >= 0.6 is 0 Å². The van der Waals surface area contributed by atoms with Gasteiger partial charge in [-0.3, -0.25) is 14.7 Å². The number of benzene rings is 1. The summed E-state index contributed by atoms with van der Waals surface area (Å²) in [5, 5.41) is 14.5. The maximum atomic E-state index is 13.3. The van der Waals surface area contributed by atoms with Gasteiger partial charge in [-0.25, -0.2) is 9.07 Å². The minimum atomic E-state index is -0.344. The van der Waals surface area contributed by atoms with E-state index in [1.54, 1.807) is 24.1 Å². The Balaban J connectivity index is 1.43. The summed E-state index contributed by atoms with van der Waals surface area (Å²) in [6.07, 6.45) is 4.98. The second-order valence-corrected chi connectivity index (χ2v) is 7.17. The highest BCUT2D eigenvalue weighted by Crippen LogP contribution is 2.23. The summed E-state index contributed by atoms with van der Waals surface area (Å²) < 4.78 is 14.8. The number of piperazine rings is 1. The largest absolute Gasteiger partial charge is 0.504 e. The van der Waals surface area contributed by atoms with E-state index < -0.39 is 0 Å². The molecule has 1 N–H and O–H groups in total. The zero-order valence-electron chi connectivity index (χ0n) is 16.1. The molecule has 1 amide bonds. The molecule has 0 atom stereocenters. The smallest absolute Gasteiger partial charge is 0.278 e. The molecule has 4 rings (SSSR count). The van der Waals surface area contributed by atoms with E-state index in [2.05, 4.69) is 15.0 Å². The molecule has 0 radical (unpaired) electrons. The maximum absolute atomic E-state index is 13.3. The van der Waals surface area contributed by atoms with E-state index >= 15 is 0 Å². The summed E-state index contributed by atoms with van der Waals surface area (Å²) in [5.41, 5.74) is 2.42. The number of hydrogen-bond acceptors (Lipinski definition) is 5. The molecule has 1 aromatic carbocycles. The van der Waals surface area contributed by atoms with Crippen molar-refractivity contribution in [1.29, 1.82) is 0 Å². The molecule has 3 heterocycles. The highest BCUT2D eigenvalue weighted by atomic mass is 19.1. The topological polar surface area (TPSA) is 74.5 Å². The summed E-state index contributed by atoms with van der Waals surface area (Å²) >= 11 is 0. The first-order valence-corrected chi connectivity index (χ1v) is 9.47. The first-order chi connectivity index (χ1) is 14.0. The fourth-order valence-corrected chi connectivity index (χ4v) is 3.53. The first-order valence-electron chi connectivity index (χ1n) is 9.47. The van der Waals surface area contributed by atoms with Crippen molar-refractivity contribution in [1.82, 2.24) is 24.6 Å². The number of carbonyl (C=O) groups excluding carboxylic acids is 1. The zero-order chi connectivity index (χ0) is 20.4. The zero-order valence-corrected chi connectivity index (χ0v) is 16.1. The second kappa shape index (κ2) is 8.00. The molecule has 8 heteroatoms. The van der Waals surface area contributed by atoms with Crippen molar-refractivity contribution in [3.05, 3.63) is 71.6 Å². The summed E-state index contributed by atoms with van der Waals surface area (Å²) in [6, 6.07) is 8.23. The molecule has 0 bridgehead atoms. The van der Waals surface area contributed by atoms with Crippen LogP contribution in [0.4, 0.5) is 4.39 Å². The average Bonchev–Trinajstić information content (AvgIpc) is 3.10. The molecule has 0 saturated carbocycles. The van der Waals surface area contributed by atoms with Gasteiger partial charge in [0, 0.05) is 45.1 Å². The van der Waals surface area contributed by atoms with Crippen LogP contribution in [0, 0.1) is 12.7 Å². The molecule has 0 unspecified atom stereocenters. The Bertz CT molecular complexity index is 1010. The van der Waals surface area contributed by atoms with Crippen LogP contribution in [0.2, 0.25) is 0 Å². The fraction of sp³-hybridized carbons (Fsp3) is 0.286. The lowest BCUT2D eigenvalue weighted by molar-refractivity contribution is 0.0619. The first kappa shape index (κ1) is 19.1. The van der Waals surface area contributed by atoms with E-state index in [1.165, 1.54) is 23.0 Å². The van der Waals surface area contributed by atoms with Gasteiger partial charge in [-0.2, -0.15) is 5.10 Å². The molecule has 7 nitrogen and oxygen atoms in total. The maximum Gasteiger partial charge on any atom is 0.278 e. The van der Waals surface area contributed by atoms with Gasteiger partial charge >= 0.3 is 0 Å². The summed E-state index contributed by atoms with van der Waals surface area (Å²) in [4.78, 5) is 21.0. The van der Waals surface area contributed by atoms with Gasteiger partial charge in [0.15, 0.2) is 11.4 Å².